The summed E-state index contributed by atoms with van der Waals surface area (Å²) < 4.78 is 14.8. The van der Waals surface area contributed by atoms with Crippen LogP contribution in [0, 0.1) is 5.82 Å². The number of fused-ring (bicyclic) bond motifs is 1. The van der Waals surface area contributed by atoms with E-state index in [0.717, 1.165) is 54.9 Å². The number of hydrogen-bond acceptors (Lipinski definition) is 6. The molecule has 1 unspecified atom stereocenters. The van der Waals surface area contributed by atoms with Crippen molar-refractivity contribution in [3.8, 4) is 11.3 Å². The van der Waals surface area contributed by atoms with Gasteiger partial charge in [0.1, 0.15) is 11.5 Å². The SMILES string of the molecule is CCC1(C)C(C)=Nc2ccc(-c3nc(Nc4ccc(C5CCNCC5)cn4)ncc3F)cc21. The number of rotatable bonds is 5. The monoisotopic (exact) mass is 444 g/mol. The van der Waals surface area contributed by atoms with Crippen LogP contribution in [0.5, 0.6) is 0 Å². The van der Waals surface area contributed by atoms with Crippen molar-refractivity contribution in [2.24, 2.45) is 4.99 Å². The molecule has 0 radical (unpaired) electrons. The van der Waals surface area contributed by atoms with Crippen LogP contribution in [0.15, 0.2) is 47.7 Å². The average Bonchev–Trinajstić information content (AvgIpc) is 3.11. The van der Waals surface area contributed by atoms with Crippen molar-refractivity contribution in [3.63, 3.8) is 0 Å². The Hall–Kier alpha value is -3.19. The van der Waals surface area contributed by atoms with E-state index >= 15 is 0 Å². The minimum atomic E-state index is -0.455. The standard InChI is InChI=1S/C26H29FN6/c1-4-26(3)16(2)31-22-7-5-18(13-20(22)26)24-21(27)15-30-25(33-24)32-23-8-6-19(14-29-23)17-9-11-28-12-10-17/h5-8,13-15,17,28H,4,9-12H2,1-3H3,(H,29,30,32,33). The lowest BCUT2D eigenvalue weighted by Crippen LogP contribution is -2.26. The molecule has 7 heteroatoms. The topological polar surface area (TPSA) is 75.1 Å². The van der Waals surface area contributed by atoms with Gasteiger partial charge in [-0.15, -0.1) is 0 Å². The van der Waals surface area contributed by atoms with Gasteiger partial charge in [-0.25, -0.2) is 19.3 Å². The first-order valence-corrected chi connectivity index (χ1v) is 11.6. The van der Waals surface area contributed by atoms with Crippen molar-refractivity contribution >= 4 is 23.2 Å². The van der Waals surface area contributed by atoms with E-state index < -0.39 is 5.82 Å². The molecular formula is C26H29FN6. The normalized spacial score (nSPS) is 20.4. The number of piperidine rings is 1. The average molecular weight is 445 g/mol. The third-order valence-electron chi connectivity index (χ3n) is 7.24. The Morgan fingerprint density at radius 1 is 1.12 bits per heavy atom. The number of anilines is 2. The molecule has 2 aromatic heterocycles. The van der Waals surface area contributed by atoms with Gasteiger partial charge in [-0.2, -0.15) is 0 Å². The van der Waals surface area contributed by atoms with E-state index in [4.69, 9.17) is 4.99 Å². The first-order valence-electron chi connectivity index (χ1n) is 11.6. The fourth-order valence-corrected chi connectivity index (χ4v) is 4.79. The third-order valence-corrected chi connectivity index (χ3v) is 7.24. The summed E-state index contributed by atoms with van der Waals surface area (Å²) in [4.78, 5) is 17.9. The summed E-state index contributed by atoms with van der Waals surface area (Å²) in [6, 6.07) is 9.87. The number of halogens is 1. The van der Waals surface area contributed by atoms with Crippen LogP contribution in [-0.4, -0.2) is 33.8 Å². The molecule has 2 aliphatic heterocycles. The Kier molecular flexibility index (Phi) is 5.66. The molecule has 0 amide bonds. The zero-order valence-corrected chi connectivity index (χ0v) is 19.3. The molecule has 1 fully saturated rings. The van der Waals surface area contributed by atoms with Gasteiger partial charge in [0, 0.05) is 22.9 Å². The van der Waals surface area contributed by atoms with Crippen molar-refractivity contribution in [1.82, 2.24) is 20.3 Å². The lowest BCUT2D eigenvalue weighted by molar-refractivity contribution is 0.459. The molecule has 0 saturated carbocycles. The Labute approximate surface area is 193 Å². The van der Waals surface area contributed by atoms with Crippen LogP contribution in [0.1, 0.15) is 57.1 Å². The fraction of sp³-hybridized carbons (Fsp3) is 0.385. The van der Waals surface area contributed by atoms with Crippen LogP contribution in [-0.2, 0) is 5.41 Å². The second kappa shape index (κ2) is 8.63. The second-order valence-corrected chi connectivity index (χ2v) is 9.13. The largest absolute Gasteiger partial charge is 0.317 e. The quantitative estimate of drug-likeness (QED) is 0.531. The summed E-state index contributed by atoms with van der Waals surface area (Å²) in [5, 5.41) is 6.51. The van der Waals surface area contributed by atoms with Crippen molar-refractivity contribution in [2.45, 2.75) is 51.4 Å². The van der Waals surface area contributed by atoms with Crippen LogP contribution in [0.2, 0.25) is 0 Å². The highest BCUT2D eigenvalue weighted by Crippen LogP contribution is 2.44. The highest BCUT2D eigenvalue weighted by Gasteiger charge is 2.35. The number of nitrogens with one attached hydrogen (secondary N) is 2. The van der Waals surface area contributed by atoms with Crippen molar-refractivity contribution in [1.29, 1.82) is 0 Å². The van der Waals surface area contributed by atoms with Crippen LogP contribution < -0.4 is 10.6 Å². The number of aromatic nitrogens is 3. The van der Waals surface area contributed by atoms with Crippen LogP contribution in [0.3, 0.4) is 0 Å². The molecule has 0 bridgehead atoms. The second-order valence-electron chi connectivity index (χ2n) is 9.13. The van der Waals surface area contributed by atoms with Crippen molar-refractivity contribution < 1.29 is 4.39 Å². The van der Waals surface area contributed by atoms with Gasteiger partial charge in [0.25, 0.3) is 0 Å². The maximum absolute atomic E-state index is 14.8. The summed E-state index contributed by atoms with van der Waals surface area (Å²) in [6.07, 6.45) is 6.30. The molecule has 3 aromatic rings. The molecule has 6 nitrogen and oxygen atoms in total. The molecule has 2 aliphatic rings. The van der Waals surface area contributed by atoms with Gasteiger partial charge in [0.05, 0.1) is 11.9 Å². The van der Waals surface area contributed by atoms with E-state index in [-0.39, 0.29) is 11.1 Å². The fourth-order valence-electron chi connectivity index (χ4n) is 4.79. The zero-order valence-electron chi connectivity index (χ0n) is 19.3. The summed E-state index contributed by atoms with van der Waals surface area (Å²) >= 11 is 0. The third kappa shape index (κ3) is 4.02. The van der Waals surface area contributed by atoms with E-state index in [2.05, 4.69) is 52.4 Å². The Morgan fingerprint density at radius 3 is 2.67 bits per heavy atom. The van der Waals surface area contributed by atoms with Gasteiger partial charge >= 0.3 is 0 Å². The van der Waals surface area contributed by atoms with Gasteiger partial charge in [0.2, 0.25) is 5.95 Å². The van der Waals surface area contributed by atoms with Crippen LogP contribution >= 0.6 is 0 Å². The predicted molar refractivity (Wildman–Crippen MR) is 130 cm³/mol. The van der Waals surface area contributed by atoms with Gasteiger partial charge < -0.3 is 10.6 Å². The van der Waals surface area contributed by atoms with Crippen LogP contribution in [0.4, 0.5) is 21.8 Å². The van der Waals surface area contributed by atoms with E-state index in [1.807, 2.05) is 30.5 Å². The lowest BCUT2D eigenvalue weighted by atomic mass is 9.77. The van der Waals surface area contributed by atoms with Gasteiger partial charge in [-0.05, 0) is 74.5 Å². The lowest BCUT2D eigenvalue weighted by Gasteiger charge is -2.24. The smallest absolute Gasteiger partial charge is 0.229 e. The molecule has 1 aromatic carbocycles. The molecular weight excluding hydrogens is 415 g/mol. The highest BCUT2D eigenvalue weighted by molar-refractivity contribution is 6.00. The minimum absolute atomic E-state index is 0.143. The molecule has 4 heterocycles. The first kappa shape index (κ1) is 21.6. The Morgan fingerprint density at radius 2 is 1.94 bits per heavy atom. The minimum Gasteiger partial charge on any atom is -0.317 e. The number of aliphatic imine (C=N–C) groups is 1. The Bertz CT molecular complexity index is 1200. The van der Waals surface area contributed by atoms with E-state index in [0.29, 0.717) is 17.7 Å². The first-order chi connectivity index (χ1) is 16.0. The Balaban J connectivity index is 1.40. The van der Waals surface area contributed by atoms with Crippen LogP contribution in [0.25, 0.3) is 11.3 Å². The van der Waals surface area contributed by atoms with Gasteiger partial charge in [0.15, 0.2) is 5.82 Å². The number of nitrogens with zero attached hydrogens (tertiary/aromatic N) is 4. The van der Waals surface area contributed by atoms with Gasteiger partial charge in [-0.1, -0.05) is 26.0 Å². The maximum Gasteiger partial charge on any atom is 0.229 e. The summed E-state index contributed by atoms with van der Waals surface area (Å²) in [5.41, 5.74) is 5.24. The molecule has 1 saturated heterocycles. The summed E-state index contributed by atoms with van der Waals surface area (Å²) in [7, 11) is 0. The van der Waals surface area contributed by atoms with E-state index in [1.54, 1.807) is 0 Å². The molecule has 1 atom stereocenters. The number of benzene rings is 1. The van der Waals surface area contributed by atoms with E-state index in [1.165, 1.54) is 11.8 Å². The highest BCUT2D eigenvalue weighted by atomic mass is 19.1. The number of pyridine rings is 1. The summed E-state index contributed by atoms with van der Waals surface area (Å²) in [5.74, 6) is 1.05. The molecule has 170 valence electrons. The predicted octanol–water partition coefficient (Wildman–Crippen LogP) is 5.66. The van der Waals surface area contributed by atoms with Crippen molar-refractivity contribution in [2.75, 3.05) is 18.4 Å². The van der Waals surface area contributed by atoms with Crippen molar-refractivity contribution in [3.05, 3.63) is 59.7 Å². The zero-order chi connectivity index (χ0) is 23.0. The van der Waals surface area contributed by atoms with Gasteiger partial charge in [-0.3, -0.25) is 4.99 Å². The van der Waals surface area contributed by atoms with E-state index in [9.17, 15) is 4.39 Å². The number of hydrogen-bond donors (Lipinski definition) is 2. The summed E-state index contributed by atoms with van der Waals surface area (Å²) in [6.45, 7) is 8.48. The molecule has 5 rings (SSSR count). The molecule has 0 spiro atoms. The maximum atomic E-state index is 14.8. The molecule has 0 aliphatic carbocycles. The molecule has 2 N–H and O–H groups in total. The molecule has 33 heavy (non-hydrogen) atoms.